The summed E-state index contributed by atoms with van der Waals surface area (Å²) in [7, 11) is 0. The Bertz CT molecular complexity index is 618. The van der Waals surface area contributed by atoms with Crippen LogP contribution in [-0.2, 0) is 16.0 Å². The van der Waals surface area contributed by atoms with Gasteiger partial charge in [-0.1, -0.05) is 30.3 Å². The molecule has 0 aromatic heterocycles. The van der Waals surface area contributed by atoms with Crippen molar-refractivity contribution in [3.8, 4) is 0 Å². The number of carbonyl (C=O) groups is 1. The van der Waals surface area contributed by atoms with Crippen LogP contribution in [0.15, 0.2) is 35.3 Å². The molecule has 1 atom stereocenters. The van der Waals surface area contributed by atoms with Crippen molar-refractivity contribution in [1.29, 1.82) is 0 Å². The fourth-order valence-electron chi connectivity index (χ4n) is 3.71. The zero-order chi connectivity index (χ0) is 18.4. The Balaban J connectivity index is 0.00000261. The number of ether oxygens (including phenoxy) is 1. The monoisotopic (exact) mass is 486 g/mol. The lowest BCUT2D eigenvalue weighted by molar-refractivity contribution is -0.131. The first-order valence-electron chi connectivity index (χ1n) is 9.60. The van der Waals surface area contributed by atoms with E-state index in [0.717, 1.165) is 45.4 Å². The van der Waals surface area contributed by atoms with E-state index < -0.39 is 0 Å². The minimum atomic E-state index is 0. The summed E-state index contributed by atoms with van der Waals surface area (Å²) in [6, 6.07) is 10.6. The number of amides is 1. The lowest BCUT2D eigenvalue weighted by Crippen LogP contribution is -2.48. The topological polar surface area (TPSA) is 71.2 Å². The van der Waals surface area contributed by atoms with Crippen LogP contribution in [0.1, 0.15) is 25.3 Å². The maximum absolute atomic E-state index is 12.4. The van der Waals surface area contributed by atoms with Gasteiger partial charge in [-0.3, -0.25) is 4.79 Å². The van der Waals surface area contributed by atoms with Crippen LogP contribution >= 0.6 is 24.0 Å². The molecule has 1 aromatic rings. The van der Waals surface area contributed by atoms with Crippen LogP contribution in [0.3, 0.4) is 0 Å². The number of morpholine rings is 1. The van der Waals surface area contributed by atoms with Gasteiger partial charge in [-0.2, -0.15) is 0 Å². The van der Waals surface area contributed by atoms with E-state index in [1.54, 1.807) is 0 Å². The quantitative estimate of drug-likeness (QED) is 0.402. The molecule has 6 nitrogen and oxygen atoms in total. The molecule has 0 aliphatic carbocycles. The van der Waals surface area contributed by atoms with Gasteiger partial charge in [-0.15, -0.1) is 24.0 Å². The zero-order valence-electron chi connectivity index (χ0n) is 16.0. The summed E-state index contributed by atoms with van der Waals surface area (Å²) in [5, 5.41) is 0. The van der Waals surface area contributed by atoms with E-state index >= 15 is 0 Å². The molecule has 7 heteroatoms. The number of guanidine groups is 1. The molecule has 0 bridgehead atoms. The predicted octanol–water partition coefficient (Wildman–Crippen LogP) is 2.12. The standard InChI is InChI=1S/C20H30N4O2.HI/c1-16-15-24(11-12-26-16)20(21)22-14-19(25)23-9-7-18(8-10-23)13-17-5-3-2-4-6-17;/h2-6,16,18H,7-15H2,1H3,(H2,21,22);1H. The van der Waals surface area contributed by atoms with E-state index in [1.807, 2.05) is 16.7 Å². The highest BCUT2D eigenvalue weighted by Crippen LogP contribution is 2.21. The van der Waals surface area contributed by atoms with Gasteiger partial charge in [-0.05, 0) is 37.7 Å². The normalized spacial score (nSPS) is 21.7. The molecule has 0 radical (unpaired) electrons. The summed E-state index contributed by atoms with van der Waals surface area (Å²) in [6.45, 7) is 5.92. The lowest BCUT2D eigenvalue weighted by Gasteiger charge is -2.33. The number of piperidine rings is 1. The van der Waals surface area contributed by atoms with Gasteiger partial charge in [0, 0.05) is 26.2 Å². The minimum Gasteiger partial charge on any atom is -0.375 e. The number of nitrogens with zero attached hydrogens (tertiary/aromatic N) is 3. The van der Waals surface area contributed by atoms with Gasteiger partial charge in [-0.25, -0.2) is 4.99 Å². The number of hydrogen-bond acceptors (Lipinski definition) is 3. The van der Waals surface area contributed by atoms with Gasteiger partial charge in [0.15, 0.2) is 5.96 Å². The fraction of sp³-hybridized carbons (Fsp3) is 0.600. The molecule has 0 saturated carbocycles. The summed E-state index contributed by atoms with van der Waals surface area (Å²) >= 11 is 0. The Morgan fingerprint density at radius 2 is 1.89 bits per heavy atom. The van der Waals surface area contributed by atoms with Crippen LogP contribution in [0.4, 0.5) is 0 Å². The molecule has 2 aliphatic rings. The van der Waals surface area contributed by atoms with Crippen molar-refractivity contribution in [3.63, 3.8) is 0 Å². The Morgan fingerprint density at radius 1 is 1.19 bits per heavy atom. The molecular weight excluding hydrogens is 455 g/mol. The van der Waals surface area contributed by atoms with Crippen molar-refractivity contribution in [2.24, 2.45) is 16.6 Å². The highest BCUT2D eigenvalue weighted by molar-refractivity contribution is 14.0. The van der Waals surface area contributed by atoms with Crippen molar-refractivity contribution >= 4 is 35.8 Å². The van der Waals surface area contributed by atoms with Gasteiger partial charge in [0.2, 0.25) is 5.91 Å². The van der Waals surface area contributed by atoms with E-state index in [-0.39, 0.29) is 42.5 Å². The third-order valence-electron chi connectivity index (χ3n) is 5.28. The number of hydrogen-bond donors (Lipinski definition) is 1. The number of aliphatic imine (C=N–C) groups is 1. The summed E-state index contributed by atoms with van der Waals surface area (Å²) in [4.78, 5) is 20.7. The van der Waals surface area contributed by atoms with Crippen molar-refractivity contribution in [2.45, 2.75) is 32.3 Å². The molecule has 2 N–H and O–H groups in total. The van der Waals surface area contributed by atoms with Crippen molar-refractivity contribution < 1.29 is 9.53 Å². The molecule has 2 aliphatic heterocycles. The van der Waals surface area contributed by atoms with Crippen LogP contribution in [0.2, 0.25) is 0 Å². The Morgan fingerprint density at radius 3 is 2.56 bits per heavy atom. The first-order chi connectivity index (χ1) is 12.6. The van der Waals surface area contributed by atoms with Crippen LogP contribution in [0, 0.1) is 5.92 Å². The maximum atomic E-state index is 12.4. The number of halogens is 1. The molecule has 2 saturated heterocycles. The number of benzene rings is 1. The van der Waals surface area contributed by atoms with E-state index in [4.69, 9.17) is 10.5 Å². The zero-order valence-corrected chi connectivity index (χ0v) is 18.4. The van der Waals surface area contributed by atoms with E-state index in [1.165, 1.54) is 5.56 Å². The third-order valence-corrected chi connectivity index (χ3v) is 5.28. The molecule has 3 rings (SSSR count). The van der Waals surface area contributed by atoms with Crippen molar-refractivity contribution in [1.82, 2.24) is 9.80 Å². The van der Waals surface area contributed by atoms with E-state index in [0.29, 0.717) is 18.5 Å². The molecule has 1 amide bonds. The van der Waals surface area contributed by atoms with Gasteiger partial charge < -0.3 is 20.3 Å². The number of nitrogens with two attached hydrogens (primary N) is 1. The average Bonchev–Trinajstić information content (AvgIpc) is 2.67. The molecule has 0 spiro atoms. The Kier molecular flexibility index (Phi) is 8.82. The smallest absolute Gasteiger partial charge is 0.244 e. The molecule has 27 heavy (non-hydrogen) atoms. The molecule has 150 valence electrons. The summed E-state index contributed by atoms with van der Waals surface area (Å²) < 4.78 is 5.50. The number of likely N-dealkylation sites (tertiary alicyclic amines) is 1. The molecule has 2 fully saturated rings. The van der Waals surface area contributed by atoms with Gasteiger partial charge in [0.1, 0.15) is 6.54 Å². The summed E-state index contributed by atoms with van der Waals surface area (Å²) in [5.74, 6) is 1.18. The average molecular weight is 486 g/mol. The van der Waals surface area contributed by atoms with Crippen molar-refractivity contribution in [3.05, 3.63) is 35.9 Å². The second kappa shape index (κ2) is 10.8. The minimum absolute atomic E-state index is 0. The van der Waals surface area contributed by atoms with Gasteiger partial charge >= 0.3 is 0 Å². The van der Waals surface area contributed by atoms with Crippen LogP contribution in [0.5, 0.6) is 0 Å². The lowest BCUT2D eigenvalue weighted by atomic mass is 9.90. The molecular formula is C20H31IN4O2. The second-order valence-corrected chi connectivity index (χ2v) is 7.32. The Labute approximate surface area is 179 Å². The third kappa shape index (κ3) is 6.64. The predicted molar refractivity (Wildman–Crippen MR) is 118 cm³/mol. The van der Waals surface area contributed by atoms with Crippen molar-refractivity contribution in [2.75, 3.05) is 39.3 Å². The second-order valence-electron chi connectivity index (χ2n) is 7.32. The first kappa shape index (κ1) is 21.9. The van der Waals surface area contributed by atoms with E-state index in [9.17, 15) is 4.79 Å². The van der Waals surface area contributed by atoms with Gasteiger partial charge in [0.05, 0.1) is 12.7 Å². The summed E-state index contributed by atoms with van der Waals surface area (Å²) in [6.07, 6.45) is 3.36. The highest BCUT2D eigenvalue weighted by Gasteiger charge is 2.23. The SMILES string of the molecule is CC1CN(C(N)=NCC(=O)N2CCC(Cc3ccccc3)CC2)CCO1.I. The van der Waals surface area contributed by atoms with E-state index in [2.05, 4.69) is 35.3 Å². The molecule has 1 aromatic carbocycles. The number of carbonyl (C=O) groups excluding carboxylic acids is 1. The van der Waals surface area contributed by atoms with Crippen LogP contribution in [0.25, 0.3) is 0 Å². The molecule has 2 heterocycles. The maximum Gasteiger partial charge on any atom is 0.244 e. The van der Waals surface area contributed by atoms with Crippen LogP contribution in [-0.4, -0.2) is 67.1 Å². The summed E-state index contributed by atoms with van der Waals surface area (Å²) in [5.41, 5.74) is 7.43. The van der Waals surface area contributed by atoms with Gasteiger partial charge in [0.25, 0.3) is 0 Å². The fourth-order valence-corrected chi connectivity index (χ4v) is 3.71. The first-order valence-corrected chi connectivity index (χ1v) is 9.60. The molecule has 1 unspecified atom stereocenters. The number of rotatable bonds is 4. The largest absolute Gasteiger partial charge is 0.375 e. The van der Waals surface area contributed by atoms with Crippen LogP contribution < -0.4 is 5.73 Å². The Hall–Kier alpha value is -1.35. The highest BCUT2D eigenvalue weighted by atomic mass is 127.